The minimum Gasteiger partial charge on any atom is -0.454 e. The van der Waals surface area contributed by atoms with E-state index in [-0.39, 0.29) is 0 Å². The van der Waals surface area contributed by atoms with Gasteiger partial charge in [-0.1, -0.05) is 0 Å². The zero-order chi connectivity index (χ0) is 11.2. The number of rotatable bonds is 0. The fourth-order valence-corrected chi connectivity index (χ4v) is 2.74. The number of hydrogen-bond donors (Lipinski definition) is 2. The molecule has 4 rings (SSSR count). The lowest BCUT2D eigenvalue weighted by Gasteiger charge is -1.99. The fraction of sp³-hybridized carbons (Fsp3) is 0.385. The lowest BCUT2D eigenvalue weighted by atomic mass is 10.1. The standard InChI is InChI=1S/C13H14N2O2/c1-2-8-9-4-12-13(17-7-16-12)5-10(9)15-11(8)6-14-3-1/h4-5,14-15H,1-3,6-7H2. The summed E-state index contributed by atoms with van der Waals surface area (Å²) in [6.07, 6.45) is 2.32. The highest BCUT2D eigenvalue weighted by atomic mass is 16.7. The van der Waals surface area contributed by atoms with Gasteiger partial charge in [-0.3, -0.25) is 0 Å². The molecule has 0 fully saturated rings. The molecule has 2 aliphatic rings. The maximum Gasteiger partial charge on any atom is 0.231 e. The van der Waals surface area contributed by atoms with Crippen LogP contribution in [0.5, 0.6) is 11.5 Å². The summed E-state index contributed by atoms with van der Waals surface area (Å²) in [5, 5.41) is 4.71. The predicted octanol–water partition coefficient (Wildman–Crippen LogP) is 1.93. The number of aryl methyl sites for hydroxylation is 1. The Morgan fingerprint density at radius 1 is 1.12 bits per heavy atom. The van der Waals surface area contributed by atoms with E-state index >= 15 is 0 Å². The number of aromatic amines is 1. The molecule has 0 atom stereocenters. The van der Waals surface area contributed by atoms with E-state index in [1.165, 1.54) is 23.1 Å². The Morgan fingerprint density at radius 3 is 2.94 bits per heavy atom. The Hall–Kier alpha value is -1.68. The largest absolute Gasteiger partial charge is 0.454 e. The van der Waals surface area contributed by atoms with Crippen LogP contribution in [0.4, 0.5) is 0 Å². The normalized spacial score (nSPS) is 18.1. The Kier molecular flexibility index (Phi) is 1.87. The fourth-order valence-electron chi connectivity index (χ4n) is 2.74. The lowest BCUT2D eigenvalue weighted by molar-refractivity contribution is 0.174. The van der Waals surface area contributed by atoms with Gasteiger partial charge in [0.05, 0.1) is 0 Å². The molecule has 1 aromatic heterocycles. The highest BCUT2D eigenvalue weighted by Crippen LogP contribution is 2.38. The van der Waals surface area contributed by atoms with Crippen molar-refractivity contribution < 1.29 is 9.47 Å². The van der Waals surface area contributed by atoms with E-state index in [0.717, 1.165) is 36.5 Å². The SMILES string of the molecule is c1c2c(cc3c4c([nH]c13)CNCCC4)OCO2. The monoisotopic (exact) mass is 230 g/mol. The van der Waals surface area contributed by atoms with E-state index in [4.69, 9.17) is 9.47 Å². The van der Waals surface area contributed by atoms with Crippen molar-refractivity contribution in [1.82, 2.24) is 10.3 Å². The zero-order valence-corrected chi connectivity index (χ0v) is 9.51. The smallest absolute Gasteiger partial charge is 0.231 e. The van der Waals surface area contributed by atoms with Crippen LogP contribution in [0.2, 0.25) is 0 Å². The summed E-state index contributed by atoms with van der Waals surface area (Å²) in [4.78, 5) is 3.49. The molecule has 4 nitrogen and oxygen atoms in total. The number of H-pyrrole nitrogens is 1. The predicted molar refractivity (Wildman–Crippen MR) is 64.4 cm³/mol. The van der Waals surface area contributed by atoms with Crippen LogP contribution in [0.3, 0.4) is 0 Å². The maximum absolute atomic E-state index is 5.45. The maximum atomic E-state index is 5.45. The minimum absolute atomic E-state index is 0.339. The van der Waals surface area contributed by atoms with Crippen LogP contribution in [0.1, 0.15) is 17.7 Å². The van der Waals surface area contributed by atoms with E-state index in [0.29, 0.717) is 6.79 Å². The number of aromatic nitrogens is 1. The van der Waals surface area contributed by atoms with Crippen LogP contribution in [0.25, 0.3) is 10.9 Å². The van der Waals surface area contributed by atoms with E-state index in [9.17, 15) is 0 Å². The number of ether oxygens (including phenoxy) is 2. The molecule has 2 N–H and O–H groups in total. The van der Waals surface area contributed by atoms with E-state index < -0.39 is 0 Å². The van der Waals surface area contributed by atoms with Gasteiger partial charge in [0.25, 0.3) is 0 Å². The van der Waals surface area contributed by atoms with Crippen molar-refractivity contribution >= 4 is 10.9 Å². The van der Waals surface area contributed by atoms with Crippen molar-refractivity contribution in [2.24, 2.45) is 0 Å². The summed E-state index contributed by atoms with van der Waals surface area (Å²) >= 11 is 0. The molecule has 0 spiro atoms. The molecule has 4 heteroatoms. The molecule has 3 heterocycles. The Balaban J connectivity index is 1.96. The second-order valence-electron chi connectivity index (χ2n) is 4.61. The summed E-state index contributed by atoms with van der Waals surface area (Å²) in [6, 6.07) is 4.16. The molecule has 2 aliphatic heterocycles. The van der Waals surface area contributed by atoms with Crippen LogP contribution in [-0.4, -0.2) is 18.3 Å². The van der Waals surface area contributed by atoms with Crippen LogP contribution < -0.4 is 14.8 Å². The molecule has 88 valence electrons. The van der Waals surface area contributed by atoms with Gasteiger partial charge >= 0.3 is 0 Å². The van der Waals surface area contributed by atoms with Crippen LogP contribution in [-0.2, 0) is 13.0 Å². The van der Waals surface area contributed by atoms with Gasteiger partial charge in [0, 0.05) is 29.2 Å². The van der Waals surface area contributed by atoms with Crippen molar-refractivity contribution in [2.75, 3.05) is 13.3 Å². The Labute approximate surface area is 98.9 Å². The summed E-state index contributed by atoms with van der Waals surface area (Å²) in [5.41, 5.74) is 3.90. The van der Waals surface area contributed by atoms with Gasteiger partial charge in [-0.15, -0.1) is 0 Å². The van der Waals surface area contributed by atoms with Gasteiger partial charge in [-0.05, 0) is 31.0 Å². The summed E-state index contributed by atoms with van der Waals surface area (Å²) in [6.45, 7) is 2.36. The first-order valence-electron chi connectivity index (χ1n) is 6.05. The molecule has 1 aromatic carbocycles. The molecule has 2 aromatic rings. The van der Waals surface area contributed by atoms with E-state index in [2.05, 4.69) is 16.4 Å². The van der Waals surface area contributed by atoms with Crippen molar-refractivity contribution in [3.05, 3.63) is 23.4 Å². The number of hydrogen-bond acceptors (Lipinski definition) is 3. The van der Waals surface area contributed by atoms with Gasteiger partial charge in [0.15, 0.2) is 11.5 Å². The van der Waals surface area contributed by atoms with Gasteiger partial charge in [-0.2, -0.15) is 0 Å². The van der Waals surface area contributed by atoms with Crippen molar-refractivity contribution in [1.29, 1.82) is 0 Å². The molecule has 0 saturated carbocycles. The molecule has 0 unspecified atom stereocenters. The van der Waals surface area contributed by atoms with E-state index in [1.54, 1.807) is 0 Å². The van der Waals surface area contributed by atoms with Crippen LogP contribution in [0.15, 0.2) is 12.1 Å². The third kappa shape index (κ3) is 1.34. The molecule has 0 radical (unpaired) electrons. The lowest BCUT2D eigenvalue weighted by Crippen LogP contribution is -2.12. The molecule has 0 amide bonds. The molecular formula is C13H14N2O2. The van der Waals surface area contributed by atoms with Gasteiger partial charge in [0.1, 0.15) is 0 Å². The molecule has 17 heavy (non-hydrogen) atoms. The molecular weight excluding hydrogens is 216 g/mol. The van der Waals surface area contributed by atoms with Crippen molar-refractivity contribution in [2.45, 2.75) is 19.4 Å². The van der Waals surface area contributed by atoms with Crippen LogP contribution >= 0.6 is 0 Å². The summed E-state index contributed by atoms with van der Waals surface area (Å²) < 4.78 is 10.9. The Bertz CT molecular complexity index is 589. The topological polar surface area (TPSA) is 46.3 Å². The first kappa shape index (κ1) is 9.36. The third-order valence-electron chi connectivity index (χ3n) is 3.57. The zero-order valence-electron chi connectivity index (χ0n) is 9.51. The number of benzene rings is 1. The quantitative estimate of drug-likeness (QED) is 0.727. The number of nitrogens with one attached hydrogen (secondary N) is 2. The number of fused-ring (bicyclic) bond motifs is 4. The molecule has 0 aliphatic carbocycles. The first-order valence-corrected chi connectivity index (χ1v) is 6.05. The average Bonchev–Trinajstić information content (AvgIpc) is 2.84. The van der Waals surface area contributed by atoms with Gasteiger partial charge in [-0.25, -0.2) is 0 Å². The Morgan fingerprint density at radius 2 is 2.00 bits per heavy atom. The summed E-state index contributed by atoms with van der Waals surface area (Å²) in [7, 11) is 0. The second kappa shape index (κ2) is 3.40. The average molecular weight is 230 g/mol. The summed E-state index contributed by atoms with van der Waals surface area (Å²) in [5.74, 6) is 1.72. The second-order valence-corrected chi connectivity index (χ2v) is 4.61. The minimum atomic E-state index is 0.339. The van der Waals surface area contributed by atoms with Gasteiger partial charge in [0.2, 0.25) is 6.79 Å². The molecule has 0 bridgehead atoms. The third-order valence-corrected chi connectivity index (χ3v) is 3.57. The van der Waals surface area contributed by atoms with E-state index in [1.807, 2.05) is 6.07 Å². The highest BCUT2D eigenvalue weighted by Gasteiger charge is 2.19. The molecule has 0 saturated heterocycles. The van der Waals surface area contributed by atoms with Crippen molar-refractivity contribution in [3.8, 4) is 11.5 Å². The van der Waals surface area contributed by atoms with Gasteiger partial charge < -0.3 is 19.8 Å². The van der Waals surface area contributed by atoms with Crippen LogP contribution in [0, 0.1) is 0 Å². The van der Waals surface area contributed by atoms with Crippen molar-refractivity contribution in [3.63, 3.8) is 0 Å². The highest BCUT2D eigenvalue weighted by molar-refractivity contribution is 5.88. The first-order chi connectivity index (χ1) is 8.42.